The van der Waals surface area contributed by atoms with Crippen LogP contribution in [0.3, 0.4) is 0 Å². The van der Waals surface area contributed by atoms with Gasteiger partial charge in [-0.1, -0.05) is 61.9 Å². The Hall–Kier alpha value is -2.42. The van der Waals surface area contributed by atoms with E-state index in [0.29, 0.717) is 5.56 Å². The Bertz CT molecular complexity index is 635. The summed E-state index contributed by atoms with van der Waals surface area (Å²) < 4.78 is 5.41. The van der Waals surface area contributed by atoms with Gasteiger partial charge in [0, 0.05) is 6.21 Å². The van der Waals surface area contributed by atoms with Gasteiger partial charge in [0.25, 0.3) is 0 Å². The minimum absolute atomic E-state index is 0.318. The summed E-state index contributed by atoms with van der Waals surface area (Å²) in [5.74, 6) is -0.318. The van der Waals surface area contributed by atoms with Crippen molar-refractivity contribution in [3.8, 4) is 0 Å². The van der Waals surface area contributed by atoms with Crippen LogP contribution in [0, 0.1) is 0 Å². The lowest BCUT2D eigenvalue weighted by molar-refractivity contribution is 0.0360. The molecule has 0 saturated carbocycles. The predicted octanol–water partition coefficient (Wildman–Crippen LogP) is 4.26. The zero-order chi connectivity index (χ0) is 15.8. The van der Waals surface area contributed by atoms with E-state index in [1.165, 1.54) is 0 Å². The van der Waals surface area contributed by atoms with Crippen molar-refractivity contribution in [1.29, 1.82) is 0 Å². The van der Waals surface area contributed by atoms with E-state index in [1.54, 1.807) is 19.2 Å². The number of rotatable bonds is 6. The highest BCUT2D eigenvalue weighted by Crippen LogP contribution is 2.13. The molecule has 0 aliphatic rings. The van der Waals surface area contributed by atoms with Crippen LogP contribution in [0.1, 0.15) is 41.8 Å². The lowest BCUT2D eigenvalue weighted by Gasteiger charge is -2.11. The van der Waals surface area contributed by atoms with Crippen LogP contribution in [-0.2, 0) is 11.2 Å². The molecule has 1 unspecified atom stereocenters. The van der Waals surface area contributed by atoms with Crippen LogP contribution in [0.15, 0.2) is 59.6 Å². The van der Waals surface area contributed by atoms with Gasteiger partial charge in [-0.25, -0.2) is 4.79 Å². The third-order valence-electron chi connectivity index (χ3n) is 3.27. The molecule has 2 aromatic rings. The quantitative estimate of drug-likeness (QED) is 0.590. The molecule has 0 amide bonds. The minimum atomic E-state index is -0.512. The zero-order valence-electron chi connectivity index (χ0n) is 13.0. The molecule has 0 bridgehead atoms. The molecule has 0 spiro atoms. The van der Waals surface area contributed by atoms with E-state index in [0.717, 1.165) is 24.0 Å². The molecule has 0 heterocycles. The predicted molar refractivity (Wildman–Crippen MR) is 89.4 cm³/mol. The van der Waals surface area contributed by atoms with Crippen LogP contribution in [0.2, 0.25) is 0 Å². The Morgan fingerprint density at radius 2 is 1.82 bits per heavy atom. The van der Waals surface area contributed by atoms with Crippen LogP contribution in [0.5, 0.6) is 0 Å². The summed E-state index contributed by atoms with van der Waals surface area (Å²) in [6, 6.07) is 17.3. The van der Waals surface area contributed by atoms with Crippen LogP contribution in [-0.4, -0.2) is 18.4 Å². The second kappa shape index (κ2) is 8.13. The molecule has 0 fully saturated rings. The van der Waals surface area contributed by atoms with Gasteiger partial charge < -0.3 is 4.74 Å². The summed E-state index contributed by atoms with van der Waals surface area (Å²) in [5.41, 5.74) is 2.64. The molecule has 0 N–H and O–H groups in total. The molecule has 3 heteroatoms. The maximum Gasteiger partial charge on any atom is 0.340 e. The molecule has 0 aromatic heterocycles. The van der Waals surface area contributed by atoms with Crippen molar-refractivity contribution < 1.29 is 9.53 Å². The second-order valence-electron chi connectivity index (χ2n) is 5.10. The fourth-order valence-corrected chi connectivity index (χ4v) is 2.19. The van der Waals surface area contributed by atoms with Gasteiger partial charge >= 0.3 is 5.97 Å². The highest BCUT2D eigenvalue weighted by atomic mass is 16.6. The fourth-order valence-electron chi connectivity index (χ4n) is 2.19. The number of hydrogen-bond donors (Lipinski definition) is 0. The lowest BCUT2D eigenvalue weighted by atomic mass is 10.0. The van der Waals surface area contributed by atoms with E-state index in [1.807, 2.05) is 48.5 Å². The monoisotopic (exact) mass is 295 g/mol. The molecule has 114 valence electrons. The van der Waals surface area contributed by atoms with Crippen LogP contribution < -0.4 is 0 Å². The van der Waals surface area contributed by atoms with E-state index in [9.17, 15) is 4.79 Å². The standard InChI is InChI=1S/C19H21NO2/c1-3-9-17-12-7-8-13-18(17)19(21)22-15(2)20-14-16-10-5-4-6-11-16/h4-8,10-15H,3,9H2,1-2H3. The van der Waals surface area contributed by atoms with Gasteiger partial charge in [-0.15, -0.1) is 0 Å². The molecule has 2 aromatic carbocycles. The number of ether oxygens (including phenoxy) is 1. The largest absolute Gasteiger partial charge is 0.436 e. The maximum absolute atomic E-state index is 12.3. The summed E-state index contributed by atoms with van der Waals surface area (Å²) in [4.78, 5) is 16.5. The molecule has 3 nitrogen and oxygen atoms in total. The number of carbonyl (C=O) groups excluding carboxylic acids is 1. The van der Waals surface area contributed by atoms with E-state index in [2.05, 4.69) is 11.9 Å². The van der Waals surface area contributed by atoms with Gasteiger partial charge in [-0.05, 0) is 30.5 Å². The summed E-state index contributed by atoms with van der Waals surface area (Å²) >= 11 is 0. The third-order valence-corrected chi connectivity index (χ3v) is 3.27. The van der Waals surface area contributed by atoms with Gasteiger partial charge in [0.2, 0.25) is 0 Å². The summed E-state index contributed by atoms with van der Waals surface area (Å²) in [6.07, 6.45) is 3.07. The van der Waals surface area contributed by atoms with Crippen molar-refractivity contribution in [2.45, 2.75) is 32.9 Å². The lowest BCUT2D eigenvalue weighted by Crippen LogP contribution is -2.15. The maximum atomic E-state index is 12.3. The third kappa shape index (κ3) is 4.55. The van der Waals surface area contributed by atoms with Crippen molar-refractivity contribution in [2.24, 2.45) is 4.99 Å². The van der Waals surface area contributed by atoms with Crippen LogP contribution in [0.25, 0.3) is 0 Å². The van der Waals surface area contributed by atoms with Gasteiger partial charge in [0.15, 0.2) is 6.23 Å². The number of benzene rings is 2. The van der Waals surface area contributed by atoms with Crippen LogP contribution >= 0.6 is 0 Å². The van der Waals surface area contributed by atoms with Gasteiger partial charge in [0.1, 0.15) is 0 Å². The van der Waals surface area contributed by atoms with Gasteiger partial charge in [0.05, 0.1) is 5.56 Å². The Morgan fingerprint density at radius 3 is 2.55 bits per heavy atom. The molecule has 2 rings (SSSR count). The molecule has 0 saturated heterocycles. The highest BCUT2D eigenvalue weighted by Gasteiger charge is 2.14. The molecular formula is C19H21NO2. The number of nitrogens with zero attached hydrogens (tertiary/aromatic N) is 1. The Balaban J connectivity index is 2.01. The number of carbonyl (C=O) groups is 1. The smallest absolute Gasteiger partial charge is 0.340 e. The van der Waals surface area contributed by atoms with E-state index >= 15 is 0 Å². The Morgan fingerprint density at radius 1 is 1.14 bits per heavy atom. The first kappa shape index (κ1) is 16.0. The van der Waals surface area contributed by atoms with E-state index < -0.39 is 6.23 Å². The summed E-state index contributed by atoms with van der Waals surface area (Å²) in [6.45, 7) is 3.86. The first-order chi connectivity index (χ1) is 10.7. The topological polar surface area (TPSA) is 38.7 Å². The number of aryl methyl sites for hydroxylation is 1. The molecule has 0 radical (unpaired) electrons. The van der Waals surface area contributed by atoms with E-state index in [4.69, 9.17) is 4.74 Å². The van der Waals surface area contributed by atoms with Crippen molar-refractivity contribution in [1.82, 2.24) is 0 Å². The number of hydrogen-bond acceptors (Lipinski definition) is 3. The van der Waals surface area contributed by atoms with E-state index in [-0.39, 0.29) is 5.97 Å². The summed E-state index contributed by atoms with van der Waals surface area (Å²) in [7, 11) is 0. The molecule has 22 heavy (non-hydrogen) atoms. The first-order valence-corrected chi connectivity index (χ1v) is 7.58. The second-order valence-corrected chi connectivity index (χ2v) is 5.10. The SMILES string of the molecule is CCCc1ccccc1C(=O)OC(C)N=Cc1ccccc1. The first-order valence-electron chi connectivity index (χ1n) is 7.58. The van der Waals surface area contributed by atoms with Crippen molar-refractivity contribution >= 4 is 12.2 Å². The molecular weight excluding hydrogens is 274 g/mol. The average Bonchev–Trinajstić information content (AvgIpc) is 2.55. The van der Waals surface area contributed by atoms with Gasteiger partial charge in [-0.3, -0.25) is 4.99 Å². The highest BCUT2D eigenvalue weighted by molar-refractivity contribution is 5.91. The molecule has 0 aliphatic carbocycles. The van der Waals surface area contributed by atoms with Gasteiger partial charge in [-0.2, -0.15) is 0 Å². The number of esters is 1. The normalized spacial score (nSPS) is 12.3. The fraction of sp³-hybridized carbons (Fsp3) is 0.263. The Labute approximate surface area is 131 Å². The number of aliphatic imine (C=N–C) groups is 1. The molecule has 1 atom stereocenters. The minimum Gasteiger partial charge on any atom is -0.436 e. The van der Waals surface area contributed by atoms with Crippen LogP contribution in [0.4, 0.5) is 0 Å². The van der Waals surface area contributed by atoms with Crippen molar-refractivity contribution in [2.75, 3.05) is 0 Å². The summed E-state index contributed by atoms with van der Waals surface area (Å²) in [5, 5.41) is 0. The average molecular weight is 295 g/mol. The van der Waals surface area contributed by atoms with Crippen molar-refractivity contribution in [3.63, 3.8) is 0 Å². The zero-order valence-corrected chi connectivity index (χ0v) is 13.0. The van der Waals surface area contributed by atoms with Crippen molar-refractivity contribution in [3.05, 3.63) is 71.3 Å². The molecule has 0 aliphatic heterocycles. The Kier molecular flexibility index (Phi) is 5.90.